The zero-order chi connectivity index (χ0) is 8.55. The van der Waals surface area contributed by atoms with Crippen LogP contribution in [0.3, 0.4) is 0 Å². The highest BCUT2D eigenvalue weighted by atomic mass is 35.5. The summed E-state index contributed by atoms with van der Waals surface area (Å²) >= 11 is 0. The zero-order valence-electron chi connectivity index (χ0n) is 7.40. The van der Waals surface area contributed by atoms with Crippen LogP contribution < -0.4 is 5.32 Å². The van der Waals surface area contributed by atoms with E-state index in [0.29, 0.717) is 18.5 Å². The van der Waals surface area contributed by atoms with Gasteiger partial charge in [-0.25, -0.2) is 4.79 Å². The molecule has 2 N–H and O–H groups in total. The van der Waals surface area contributed by atoms with Crippen molar-refractivity contribution in [1.29, 1.82) is 0 Å². The molecule has 0 saturated carbocycles. The average molecular weight is 207 g/mol. The molecule has 0 aromatic carbocycles. The summed E-state index contributed by atoms with van der Waals surface area (Å²) in [5, 5.41) is 12.2. The van der Waals surface area contributed by atoms with E-state index in [0.717, 1.165) is 19.5 Å². The number of nitrogens with one attached hydrogen (secondary N) is 1. The Hall–Kier alpha value is -0.480. The van der Waals surface area contributed by atoms with Crippen LogP contribution in [0.2, 0.25) is 0 Å². The number of rotatable bonds is 0. The lowest BCUT2D eigenvalue weighted by atomic mass is 9.97. The highest BCUT2D eigenvalue weighted by molar-refractivity contribution is 5.85. The van der Waals surface area contributed by atoms with E-state index in [1.165, 1.54) is 6.42 Å². The molecule has 76 valence electrons. The van der Waals surface area contributed by atoms with Crippen molar-refractivity contribution >= 4 is 18.5 Å². The largest absolute Gasteiger partial charge is 0.465 e. The number of amides is 1. The van der Waals surface area contributed by atoms with Gasteiger partial charge >= 0.3 is 6.09 Å². The number of halogens is 1. The van der Waals surface area contributed by atoms with E-state index >= 15 is 0 Å². The van der Waals surface area contributed by atoms with E-state index in [1.807, 2.05) is 0 Å². The maximum atomic E-state index is 10.7. The topological polar surface area (TPSA) is 52.6 Å². The molecule has 1 amide bonds. The van der Waals surface area contributed by atoms with Crippen LogP contribution in [0, 0.1) is 5.92 Å². The molecule has 4 nitrogen and oxygen atoms in total. The summed E-state index contributed by atoms with van der Waals surface area (Å²) in [6.07, 6.45) is 1.55. The summed E-state index contributed by atoms with van der Waals surface area (Å²) in [5.74, 6) is 0.542. The van der Waals surface area contributed by atoms with Crippen LogP contribution in [-0.4, -0.2) is 41.8 Å². The second-order valence-corrected chi connectivity index (χ2v) is 3.74. The minimum atomic E-state index is -0.768. The van der Waals surface area contributed by atoms with Crippen LogP contribution >= 0.6 is 12.4 Å². The van der Waals surface area contributed by atoms with Gasteiger partial charge in [0.2, 0.25) is 0 Å². The number of carbonyl (C=O) groups is 1. The summed E-state index contributed by atoms with van der Waals surface area (Å²) in [4.78, 5) is 12.3. The van der Waals surface area contributed by atoms with Crippen molar-refractivity contribution in [3.8, 4) is 0 Å². The quantitative estimate of drug-likeness (QED) is 0.616. The third kappa shape index (κ3) is 2.25. The fourth-order valence-electron chi connectivity index (χ4n) is 2.09. The fourth-order valence-corrected chi connectivity index (χ4v) is 2.09. The SMILES string of the molecule is Cl.O=C(O)N1C[C@H]2CC[C@@H](C1)NC2. The van der Waals surface area contributed by atoms with Crippen molar-refractivity contribution in [3.63, 3.8) is 0 Å². The molecule has 0 spiro atoms. The zero-order valence-corrected chi connectivity index (χ0v) is 8.22. The first kappa shape index (κ1) is 10.6. The van der Waals surface area contributed by atoms with Gasteiger partial charge in [-0.1, -0.05) is 0 Å². The minimum absolute atomic E-state index is 0. The summed E-state index contributed by atoms with van der Waals surface area (Å²) < 4.78 is 0. The highest BCUT2D eigenvalue weighted by Crippen LogP contribution is 2.21. The van der Waals surface area contributed by atoms with Gasteiger partial charge in [-0.3, -0.25) is 0 Å². The van der Waals surface area contributed by atoms with Crippen LogP contribution in [-0.2, 0) is 0 Å². The van der Waals surface area contributed by atoms with Crippen molar-refractivity contribution in [2.45, 2.75) is 18.9 Å². The van der Waals surface area contributed by atoms with Crippen LogP contribution in [0.15, 0.2) is 0 Å². The van der Waals surface area contributed by atoms with Gasteiger partial charge < -0.3 is 15.3 Å². The molecule has 13 heavy (non-hydrogen) atoms. The first-order chi connectivity index (χ1) is 5.75. The maximum Gasteiger partial charge on any atom is 0.407 e. The molecular weight excluding hydrogens is 192 g/mol. The Kier molecular flexibility index (Phi) is 3.39. The molecule has 0 aromatic rings. The second-order valence-electron chi connectivity index (χ2n) is 3.74. The third-order valence-corrected chi connectivity index (χ3v) is 2.81. The van der Waals surface area contributed by atoms with Crippen LogP contribution in [0.5, 0.6) is 0 Å². The van der Waals surface area contributed by atoms with Crippen molar-refractivity contribution in [2.75, 3.05) is 19.6 Å². The second kappa shape index (κ2) is 4.15. The number of fused-ring (bicyclic) bond motifs is 4. The van der Waals surface area contributed by atoms with Crippen molar-refractivity contribution in [2.24, 2.45) is 5.92 Å². The van der Waals surface area contributed by atoms with Gasteiger partial charge in [0.15, 0.2) is 0 Å². The van der Waals surface area contributed by atoms with Gasteiger partial charge in [0.05, 0.1) is 0 Å². The third-order valence-electron chi connectivity index (χ3n) is 2.81. The monoisotopic (exact) mass is 206 g/mol. The molecule has 2 atom stereocenters. The maximum absolute atomic E-state index is 10.7. The lowest BCUT2D eigenvalue weighted by Gasteiger charge is -2.22. The molecular formula is C8H15ClN2O2. The summed E-state index contributed by atoms with van der Waals surface area (Å²) in [6, 6.07) is 0.403. The summed E-state index contributed by atoms with van der Waals surface area (Å²) in [6.45, 7) is 2.39. The van der Waals surface area contributed by atoms with Gasteiger partial charge in [0, 0.05) is 19.1 Å². The normalized spacial score (nSPS) is 32.2. The summed E-state index contributed by atoms with van der Waals surface area (Å²) in [7, 11) is 0. The lowest BCUT2D eigenvalue weighted by Crippen LogP contribution is -2.40. The van der Waals surface area contributed by atoms with Gasteiger partial charge in [-0.15, -0.1) is 12.4 Å². The standard InChI is InChI=1S/C8H14N2O2.ClH/c11-8(12)10-4-6-1-2-7(5-10)9-3-6;/h6-7,9H,1-5H2,(H,11,12);1H/t6-,7-;/m0./s1. The Morgan fingerprint density at radius 2 is 2.15 bits per heavy atom. The van der Waals surface area contributed by atoms with Crippen LogP contribution in [0.4, 0.5) is 4.79 Å². The molecule has 0 aromatic heterocycles. The average Bonchev–Trinajstić information content (AvgIpc) is 2.36. The molecule has 3 aliphatic rings. The van der Waals surface area contributed by atoms with Gasteiger partial charge in [0.25, 0.3) is 0 Å². The molecule has 3 heterocycles. The first-order valence-corrected chi connectivity index (χ1v) is 4.47. The minimum Gasteiger partial charge on any atom is -0.465 e. The number of piperidine rings is 1. The summed E-state index contributed by atoms with van der Waals surface area (Å²) in [5.41, 5.74) is 0. The van der Waals surface area contributed by atoms with Crippen molar-refractivity contribution in [3.05, 3.63) is 0 Å². The Labute approximate surface area is 83.7 Å². The van der Waals surface area contributed by atoms with Crippen LogP contribution in [0.25, 0.3) is 0 Å². The first-order valence-electron chi connectivity index (χ1n) is 4.47. The number of hydrogen-bond acceptors (Lipinski definition) is 2. The molecule has 3 rings (SSSR count). The molecule has 0 aliphatic carbocycles. The molecule has 3 saturated heterocycles. The number of carboxylic acid groups (broad SMARTS) is 1. The predicted octanol–water partition coefficient (Wildman–Crippen LogP) is 0.770. The van der Waals surface area contributed by atoms with Crippen LogP contribution in [0.1, 0.15) is 12.8 Å². The highest BCUT2D eigenvalue weighted by Gasteiger charge is 2.30. The molecule has 0 radical (unpaired) electrons. The molecule has 0 unspecified atom stereocenters. The molecule has 5 heteroatoms. The van der Waals surface area contributed by atoms with Gasteiger partial charge in [0.1, 0.15) is 0 Å². The van der Waals surface area contributed by atoms with Gasteiger partial charge in [-0.2, -0.15) is 0 Å². The van der Waals surface area contributed by atoms with Gasteiger partial charge in [-0.05, 0) is 25.3 Å². The number of nitrogens with zero attached hydrogens (tertiary/aromatic N) is 1. The van der Waals surface area contributed by atoms with Crippen molar-refractivity contribution < 1.29 is 9.90 Å². The van der Waals surface area contributed by atoms with E-state index in [2.05, 4.69) is 5.32 Å². The Morgan fingerprint density at radius 3 is 2.69 bits per heavy atom. The van der Waals surface area contributed by atoms with E-state index < -0.39 is 6.09 Å². The smallest absolute Gasteiger partial charge is 0.407 e. The molecule has 3 aliphatic heterocycles. The van der Waals surface area contributed by atoms with E-state index in [-0.39, 0.29) is 12.4 Å². The lowest BCUT2D eigenvalue weighted by molar-refractivity contribution is 0.143. The Morgan fingerprint density at radius 1 is 1.38 bits per heavy atom. The van der Waals surface area contributed by atoms with Crippen molar-refractivity contribution in [1.82, 2.24) is 10.2 Å². The molecule has 2 bridgehead atoms. The molecule has 3 fully saturated rings. The number of hydrogen-bond donors (Lipinski definition) is 2. The Bertz CT molecular complexity index is 179. The predicted molar refractivity (Wildman–Crippen MR) is 51.4 cm³/mol. The Balaban J connectivity index is 0.000000845. The van der Waals surface area contributed by atoms with E-state index in [9.17, 15) is 4.79 Å². The van der Waals surface area contributed by atoms with E-state index in [1.54, 1.807) is 4.90 Å². The van der Waals surface area contributed by atoms with E-state index in [4.69, 9.17) is 5.11 Å². The fraction of sp³-hybridized carbons (Fsp3) is 0.875.